The average molecular weight is 506 g/mol. The molecule has 0 unspecified atom stereocenters. The Morgan fingerprint density at radius 2 is 1.52 bits per heavy atom. The molecule has 0 aliphatic rings. The Hall–Kier alpha value is -3.27. The van der Waals surface area contributed by atoms with Crippen molar-refractivity contribution >= 4 is 27.6 Å². The van der Waals surface area contributed by atoms with Crippen LogP contribution in [0.2, 0.25) is 0 Å². The van der Waals surface area contributed by atoms with Crippen molar-refractivity contribution in [1.29, 1.82) is 0 Å². The Balaban J connectivity index is 2.36. The predicted molar refractivity (Wildman–Crippen MR) is 93.6 cm³/mol. The molecule has 0 aliphatic carbocycles. The van der Waals surface area contributed by atoms with E-state index in [0.29, 0.717) is 18.2 Å². The van der Waals surface area contributed by atoms with E-state index in [1.165, 1.54) is 0 Å². The van der Waals surface area contributed by atoms with Gasteiger partial charge in [-0.2, -0.15) is 31.1 Å². The van der Waals surface area contributed by atoms with Crippen LogP contribution < -0.4 is 10.0 Å². The van der Waals surface area contributed by atoms with Crippen LogP contribution in [0.25, 0.3) is 0 Å². The van der Waals surface area contributed by atoms with Gasteiger partial charge in [0.15, 0.2) is 0 Å². The van der Waals surface area contributed by atoms with Crippen LogP contribution in [0.4, 0.5) is 40.8 Å². The number of rotatable bonds is 6. The van der Waals surface area contributed by atoms with E-state index in [4.69, 9.17) is 5.11 Å². The topological polar surface area (TPSA) is 113 Å². The number of carboxylic acid groups (broad SMARTS) is 1. The third-order valence-corrected chi connectivity index (χ3v) is 5.29. The number of nitrogens with one attached hydrogen (secondary N) is 2. The minimum atomic E-state index is -5.54. The van der Waals surface area contributed by atoms with Crippen molar-refractivity contribution in [3.8, 4) is 0 Å². The van der Waals surface area contributed by atoms with Gasteiger partial charge in [0.05, 0.1) is 16.0 Å². The second-order valence-electron chi connectivity index (χ2n) is 6.22. The number of benzene rings is 2. The molecule has 0 bridgehead atoms. The van der Waals surface area contributed by atoms with Crippen molar-refractivity contribution in [2.24, 2.45) is 0 Å². The average Bonchev–Trinajstić information content (AvgIpc) is 2.64. The molecule has 0 fully saturated rings. The lowest BCUT2D eigenvalue weighted by molar-refractivity contribution is -0.177. The molecule has 0 spiro atoms. The van der Waals surface area contributed by atoms with Crippen LogP contribution in [0, 0.1) is 11.6 Å². The molecule has 0 aliphatic heterocycles. The van der Waals surface area contributed by atoms with Crippen molar-refractivity contribution < 1.29 is 58.2 Å². The maximum Gasteiger partial charge on any atom is 0.419 e. The number of carbonyl (C=O) groups excluding carboxylic acids is 1. The molecule has 2 rings (SSSR count). The number of anilines is 1. The van der Waals surface area contributed by atoms with E-state index >= 15 is 0 Å². The molecule has 0 saturated carbocycles. The highest BCUT2D eigenvalue weighted by Crippen LogP contribution is 2.32. The molecule has 1 atom stereocenters. The Labute approximate surface area is 179 Å². The molecular formula is C17H10F8N2O5S. The van der Waals surface area contributed by atoms with Crippen molar-refractivity contribution in [3.05, 3.63) is 59.2 Å². The van der Waals surface area contributed by atoms with E-state index in [2.05, 4.69) is 0 Å². The van der Waals surface area contributed by atoms with E-state index < -0.39 is 73.6 Å². The molecule has 0 heterocycles. The van der Waals surface area contributed by atoms with Crippen molar-refractivity contribution in [2.75, 3.05) is 5.32 Å². The summed E-state index contributed by atoms with van der Waals surface area (Å²) in [7, 11) is -5.24. The SMILES string of the molecule is O=C(Nc1ccc(C(F)(F)F)c(F)c1)c1cc(S(=O)(=O)N[C@H](C(=O)O)C(F)(F)F)ccc1F. The second-order valence-corrected chi connectivity index (χ2v) is 7.94. The summed E-state index contributed by atoms with van der Waals surface area (Å²) in [5.74, 6) is -7.26. The second kappa shape index (κ2) is 8.93. The number of halogens is 8. The van der Waals surface area contributed by atoms with Gasteiger partial charge in [0, 0.05) is 5.69 Å². The first-order chi connectivity index (χ1) is 14.9. The molecule has 0 radical (unpaired) electrons. The van der Waals surface area contributed by atoms with Crippen LogP contribution in [0.15, 0.2) is 41.3 Å². The van der Waals surface area contributed by atoms with Crippen LogP contribution in [-0.4, -0.2) is 37.6 Å². The number of sulfonamides is 1. The number of hydrogen-bond donors (Lipinski definition) is 3. The van der Waals surface area contributed by atoms with Gasteiger partial charge in [-0.1, -0.05) is 0 Å². The minimum Gasteiger partial charge on any atom is -0.480 e. The molecule has 2 aromatic carbocycles. The highest BCUT2D eigenvalue weighted by molar-refractivity contribution is 7.89. The summed E-state index contributed by atoms with van der Waals surface area (Å²) in [5, 5.41) is 10.4. The van der Waals surface area contributed by atoms with Crippen molar-refractivity contribution in [1.82, 2.24) is 4.72 Å². The van der Waals surface area contributed by atoms with Crippen LogP contribution in [0.5, 0.6) is 0 Å². The van der Waals surface area contributed by atoms with Gasteiger partial charge in [-0.3, -0.25) is 9.59 Å². The molecule has 16 heteroatoms. The Kier molecular flexibility index (Phi) is 7.03. The maximum absolute atomic E-state index is 14.0. The van der Waals surface area contributed by atoms with Gasteiger partial charge in [-0.25, -0.2) is 17.2 Å². The van der Waals surface area contributed by atoms with Crippen molar-refractivity contribution in [2.45, 2.75) is 23.3 Å². The van der Waals surface area contributed by atoms with Gasteiger partial charge >= 0.3 is 18.3 Å². The number of carbonyl (C=O) groups is 2. The normalized spacial score (nSPS) is 13.5. The lowest BCUT2D eigenvalue weighted by atomic mass is 10.1. The van der Waals surface area contributed by atoms with Gasteiger partial charge in [-0.05, 0) is 36.4 Å². The Morgan fingerprint density at radius 3 is 2.00 bits per heavy atom. The first-order valence-corrected chi connectivity index (χ1v) is 9.71. The third-order valence-electron chi connectivity index (χ3n) is 3.87. The first-order valence-electron chi connectivity index (χ1n) is 8.23. The van der Waals surface area contributed by atoms with Crippen LogP contribution in [-0.2, 0) is 21.0 Å². The summed E-state index contributed by atoms with van der Waals surface area (Å²) in [6.07, 6.45) is -10.6. The fraction of sp³-hybridized carbons (Fsp3) is 0.176. The van der Waals surface area contributed by atoms with E-state index in [1.807, 2.05) is 0 Å². The number of amides is 1. The summed E-state index contributed by atoms with van der Waals surface area (Å²) < 4.78 is 129. The van der Waals surface area contributed by atoms with Crippen molar-refractivity contribution in [3.63, 3.8) is 0 Å². The Bertz CT molecular complexity index is 1190. The molecule has 1 amide bonds. The quantitative estimate of drug-likeness (QED) is 0.519. The smallest absolute Gasteiger partial charge is 0.419 e. The summed E-state index contributed by atoms with van der Waals surface area (Å²) in [6.45, 7) is 0. The minimum absolute atomic E-state index is 0.252. The summed E-state index contributed by atoms with van der Waals surface area (Å²) in [6, 6.07) is -1.37. The zero-order valence-corrected chi connectivity index (χ0v) is 16.4. The van der Waals surface area contributed by atoms with Gasteiger partial charge in [0.2, 0.25) is 16.1 Å². The van der Waals surface area contributed by atoms with Gasteiger partial charge in [0.1, 0.15) is 11.6 Å². The van der Waals surface area contributed by atoms with Crippen LogP contribution >= 0.6 is 0 Å². The fourth-order valence-electron chi connectivity index (χ4n) is 2.35. The van der Waals surface area contributed by atoms with Crippen LogP contribution in [0.3, 0.4) is 0 Å². The van der Waals surface area contributed by atoms with E-state index in [1.54, 1.807) is 5.32 Å². The Morgan fingerprint density at radius 1 is 0.909 bits per heavy atom. The molecule has 7 nitrogen and oxygen atoms in total. The molecule has 3 N–H and O–H groups in total. The highest BCUT2D eigenvalue weighted by Gasteiger charge is 2.47. The standard InChI is InChI=1S/C17H10F8N2O5S/c18-11-4-2-8(33(31,32)27-13(15(29)30)17(23,24)25)6-9(11)14(28)26-7-1-3-10(12(19)5-7)16(20,21)22/h1-6,13,27H,(H,26,28)(H,29,30)/t13-/m1/s1. The molecule has 0 aromatic heterocycles. The molecular weight excluding hydrogens is 496 g/mol. The summed E-state index contributed by atoms with van der Waals surface area (Å²) in [4.78, 5) is 21.8. The number of hydrogen-bond acceptors (Lipinski definition) is 4. The van der Waals surface area contributed by atoms with E-state index in [-0.39, 0.29) is 18.2 Å². The van der Waals surface area contributed by atoms with Gasteiger partial charge in [0.25, 0.3) is 5.91 Å². The maximum atomic E-state index is 14.0. The number of carboxylic acids is 1. The predicted octanol–water partition coefficient (Wildman–Crippen LogP) is 3.53. The van der Waals surface area contributed by atoms with Crippen LogP contribution in [0.1, 0.15) is 15.9 Å². The summed E-state index contributed by atoms with van der Waals surface area (Å²) in [5.41, 5.74) is -3.35. The fourth-order valence-corrected chi connectivity index (χ4v) is 3.55. The molecule has 33 heavy (non-hydrogen) atoms. The monoisotopic (exact) mass is 506 g/mol. The molecule has 0 saturated heterocycles. The largest absolute Gasteiger partial charge is 0.480 e. The first kappa shape index (κ1) is 26.0. The lowest BCUT2D eigenvalue weighted by Crippen LogP contribution is -2.50. The third kappa shape index (κ3) is 6.16. The zero-order valence-electron chi connectivity index (χ0n) is 15.6. The lowest BCUT2D eigenvalue weighted by Gasteiger charge is -2.18. The molecule has 180 valence electrons. The number of alkyl halides is 6. The highest BCUT2D eigenvalue weighted by atomic mass is 32.2. The van der Waals surface area contributed by atoms with Gasteiger partial charge < -0.3 is 10.4 Å². The molecule has 2 aromatic rings. The number of aliphatic carboxylic acids is 1. The van der Waals surface area contributed by atoms with E-state index in [9.17, 15) is 53.1 Å². The van der Waals surface area contributed by atoms with Gasteiger partial charge in [-0.15, -0.1) is 0 Å². The van der Waals surface area contributed by atoms with E-state index in [0.717, 1.165) is 4.72 Å². The zero-order chi connectivity index (χ0) is 25.4. The summed E-state index contributed by atoms with van der Waals surface area (Å²) >= 11 is 0.